The van der Waals surface area contributed by atoms with Gasteiger partial charge in [-0.1, -0.05) is 27.7 Å². The molecule has 21 heavy (non-hydrogen) atoms. The number of nitrogens with zero attached hydrogens (tertiary/aromatic N) is 1. The molecule has 2 rings (SSSR count). The summed E-state index contributed by atoms with van der Waals surface area (Å²) in [5.41, 5.74) is 2.18. The van der Waals surface area contributed by atoms with E-state index in [0.29, 0.717) is 23.2 Å². The molecule has 0 bridgehead atoms. The van der Waals surface area contributed by atoms with Gasteiger partial charge in [0.2, 0.25) is 0 Å². The highest BCUT2D eigenvalue weighted by Crippen LogP contribution is 2.31. The van der Waals surface area contributed by atoms with E-state index < -0.39 is 11.8 Å². The fourth-order valence-corrected chi connectivity index (χ4v) is 2.70. The Labute approximate surface area is 123 Å². The Morgan fingerprint density at radius 3 is 2.48 bits per heavy atom. The monoisotopic (exact) mass is 289 g/mol. The van der Waals surface area contributed by atoms with Crippen LogP contribution in [-0.2, 0) is 6.42 Å². The van der Waals surface area contributed by atoms with Gasteiger partial charge >= 0.3 is 5.97 Å². The van der Waals surface area contributed by atoms with Crippen molar-refractivity contribution in [2.45, 2.75) is 40.0 Å². The largest absolute Gasteiger partial charge is 0.478 e. The second kappa shape index (κ2) is 5.80. The fourth-order valence-electron chi connectivity index (χ4n) is 2.70. The van der Waals surface area contributed by atoms with Gasteiger partial charge in [-0.3, -0.25) is 4.98 Å². The summed E-state index contributed by atoms with van der Waals surface area (Å²) in [5.74, 6) is -0.990. The van der Waals surface area contributed by atoms with Gasteiger partial charge in [0, 0.05) is 17.1 Å². The second-order valence-corrected chi connectivity index (χ2v) is 6.07. The van der Waals surface area contributed by atoms with E-state index in [1.54, 1.807) is 0 Å². The average molecular weight is 289 g/mol. The molecule has 0 aliphatic carbocycles. The third-order valence-corrected chi connectivity index (χ3v) is 3.46. The van der Waals surface area contributed by atoms with Crippen LogP contribution in [0.5, 0.6) is 0 Å². The highest BCUT2D eigenvalue weighted by Gasteiger charge is 2.22. The minimum absolute atomic E-state index is 0.0480. The first-order chi connectivity index (χ1) is 9.81. The number of hydrogen-bond donors (Lipinski definition) is 1. The molecule has 1 N–H and O–H groups in total. The number of benzene rings is 1. The minimum Gasteiger partial charge on any atom is -0.478 e. The van der Waals surface area contributed by atoms with E-state index in [2.05, 4.69) is 18.8 Å². The molecule has 0 aliphatic heterocycles. The topological polar surface area (TPSA) is 50.2 Å². The Balaban J connectivity index is 2.87. The number of pyridine rings is 1. The summed E-state index contributed by atoms with van der Waals surface area (Å²) in [7, 11) is 0. The van der Waals surface area contributed by atoms with E-state index in [-0.39, 0.29) is 11.5 Å². The molecule has 112 valence electrons. The lowest BCUT2D eigenvalue weighted by Gasteiger charge is -2.18. The molecule has 0 saturated carbocycles. The minimum atomic E-state index is -0.984. The fraction of sp³-hybridized carbons (Fsp3) is 0.412. The van der Waals surface area contributed by atoms with Crippen LogP contribution < -0.4 is 0 Å². The van der Waals surface area contributed by atoms with Gasteiger partial charge in [0.05, 0.1) is 11.1 Å². The van der Waals surface area contributed by atoms with Crippen LogP contribution in [0.15, 0.2) is 18.2 Å². The van der Waals surface area contributed by atoms with E-state index in [0.717, 1.165) is 11.3 Å². The number of aromatic carboxylic acids is 1. The maximum atomic E-state index is 13.4. The predicted molar refractivity (Wildman–Crippen MR) is 81.3 cm³/mol. The molecule has 0 amide bonds. The molecule has 0 unspecified atom stereocenters. The Hall–Kier alpha value is -1.97. The summed E-state index contributed by atoms with van der Waals surface area (Å²) in [5, 5.41) is 10.1. The van der Waals surface area contributed by atoms with Crippen LogP contribution in [0.3, 0.4) is 0 Å². The molecule has 1 aromatic carbocycles. The molecule has 1 heterocycles. The van der Waals surface area contributed by atoms with E-state index in [1.165, 1.54) is 18.2 Å². The van der Waals surface area contributed by atoms with Gasteiger partial charge < -0.3 is 5.11 Å². The smallest absolute Gasteiger partial charge is 0.336 e. The van der Waals surface area contributed by atoms with Crippen LogP contribution in [0, 0.1) is 11.7 Å². The van der Waals surface area contributed by atoms with Crippen molar-refractivity contribution in [1.82, 2.24) is 4.98 Å². The lowest BCUT2D eigenvalue weighted by molar-refractivity contribution is 0.0697. The molecule has 0 saturated heterocycles. The molecule has 0 aliphatic rings. The van der Waals surface area contributed by atoms with Gasteiger partial charge in [-0.15, -0.1) is 0 Å². The number of carboxylic acids is 1. The second-order valence-electron chi connectivity index (χ2n) is 6.07. The molecule has 2 aromatic rings. The van der Waals surface area contributed by atoms with Crippen molar-refractivity contribution >= 4 is 16.9 Å². The Morgan fingerprint density at radius 2 is 1.95 bits per heavy atom. The number of halogens is 1. The van der Waals surface area contributed by atoms with Crippen molar-refractivity contribution < 1.29 is 14.3 Å². The van der Waals surface area contributed by atoms with Crippen molar-refractivity contribution in [2.75, 3.05) is 0 Å². The zero-order valence-corrected chi connectivity index (χ0v) is 12.8. The highest BCUT2D eigenvalue weighted by molar-refractivity contribution is 6.04. The normalized spacial score (nSPS) is 11.6. The molecule has 1 aromatic heterocycles. The molecule has 0 atom stereocenters. The van der Waals surface area contributed by atoms with Crippen LogP contribution in [0.25, 0.3) is 10.9 Å². The van der Waals surface area contributed by atoms with Crippen molar-refractivity contribution in [3.63, 3.8) is 0 Å². The number of carboxylic acid groups (broad SMARTS) is 1. The number of rotatable bonds is 4. The Kier molecular flexibility index (Phi) is 4.26. The SMILES string of the molecule is CC(C)Cc1nc2cc(F)ccc2c(C(=O)O)c1C(C)C. The standard InChI is InChI=1S/C17H20FNO2/c1-9(2)7-14-15(10(3)4)16(17(20)21)12-6-5-11(18)8-13(12)19-14/h5-6,8-10H,7H2,1-4H3,(H,20,21). The van der Waals surface area contributed by atoms with Crippen molar-refractivity contribution in [3.8, 4) is 0 Å². The number of hydrogen-bond acceptors (Lipinski definition) is 2. The zero-order chi connectivity index (χ0) is 15.7. The van der Waals surface area contributed by atoms with E-state index in [9.17, 15) is 14.3 Å². The summed E-state index contributed by atoms with van der Waals surface area (Å²) in [6.07, 6.45) is 0.681. The molecule has 0 fully saturated rings. The van der Waals surface area contributed by atoms with E-state index in [4.69, 9.17) is 0 Å². The average Bonchev–Trinajstić information content (AvgIpc) is 2.35. The summed E-state index contributed by atoms with van der Waals surface area (Å²) >= 11 is 0. The van der Waals surface area contributed by atoms with Gasteiger partial charge in [-0.05, 0) is 36.0 Å². The maximum absolute atomic E-state index is 13.4. The molecule has 4 heteroatoms. The molecular weight excluding hydrogens is 269 g/mol. The van der Waals surface area contributed by atoms with Crippen molar-refractivity contribution in [2.24, 2.45) is 5.92 Å². The quantitative estimate of drug-likeness (QED) is 0.908. The highest BCUT2D eigenvalue weighted by atomic mass is 19.1. The first kappa shape index (κ1) is 15.4. The van der Waals surface area contributed by atoms with Crippen LogP contribution >= 0.6 is 0 Å². The van der Waals surface area contributed by atoms with Gasteiger partial charge in [0.15, 0.2) is 0 Å². The number of carbonyl (C=O) groups is 1. The van der Waals surface area contributed by atoms with Crippen LogP contribution in [0.4, 0.5) is 4.39 Å². The van der Waals surface area contributed by atoms with Crippen molar-refractivity contribution in [3.05, 3.63) is 40.8 Å². The van der Waals surface area contributed by atoms with Crippen LogP contribution in [0.1, 0.15) is 55.2 Å². The number of fused-ring (bicyclic) bond motifs is 1. The third-order valence-electron chi connectivity index (χ3n) is 3.46. The molecular formula is C17H20FNO2. The molecule has 0 spiro atoms. The van der Waals surface area contributed by atoms with Gasteiger partial charge in [0.1, 0.15) is 5.82 Å². The molecule has 3 nitrogen and oxygen atoms in total. The third kappa shape index (κ3) is 3.04. The molecule has 0 radical (unpaired) electrons. The lowest BCUT2D eigenvalue weighted by atomic mass is 9.89. The lowest BCUT2D eigenvalue weighted by Crippen LogP contribution is -2.12. The first-order valence-electron chi connectivity index (χ1n) is 7.16. The number of aromatic nitrogens is 1. The summed E-state index contributed by atoms with van der Waals surface area (Å²) in [4.78, 5) is 16.3. The summed E-state index contributed by atoms with van der Waals surface area (Å²) in [6, 6.07) is 4.09. The van der Waals surface area contributed by atoms with Gasteiger partial charge in [-0.25, -0.2) is 9.18 Å². The van der Waals surface area contributed by atoms with E-state index in [1.807, 2.05) is 13.8 Å². The predicted octanol–water partition coefficient (Wildman–Crippen LogP) is 4.39. The summed E-state index contributed by atoms with van der Waals surface area (Å²) in [6.45, 7) is 8.04. The summed E-state index contributed by atoms with van der Waals surface area (Å²) < 4.78 is 13.4. The van der Waals surface area contributed by atoms with Crippen molar-refractivity contribution in [1.29, 1.82) is 0 Å². The maximum Gasteiger partial charge on any atom is 0.336 e. The Bertz CT molecular complexity index is 693. The Morgan fingerprint density at radius 1 is 1.29 bits per heavy atom. The zero-order valence-electron chi connectivity index (χ0n) is 12.8. The van der Waals surface area contributed by atoms with E-state index >= 15 is 0 Å². The van der Waals surface area contributed by atoms with Gasteiger partial charge in [0.25, 0.3) is 0 Å². The first-order valence-corrected chi connectivity index (χ1v) is 7.16. The van der Waals surface area contributed by atoms with Crippen LogP contribution in [0.2, 0.25) is 0 Å². The van der Waals surface area contributed by atoms with Gasteiger partial charge in [-0.2, -0.15) is 0 Å². The van der Waals surface area contributed by atoms with Crippen LogP contribution in [-0.4, -0.2) is 16.1 Å².